The van der Waals surface area contributed by atoms with Crippen LogP contribution in [0.3, 0.4) is 0 Å². The van der Waals surface area contributed by atoms with Crippen molar-refractivity contribution in [3.05, 3.63) is 23.5 Å². The van der Waals surface area contributed by atoms with Crippen LogP contribution >= 0.6 is 0 Å². The van der Waals surface area contributed by atoms with Crippen LogP contribution in [0.4, 0.5) is 4.39 Å². The number of hydrogen-bond donors (Lipinski definition) is 3. The molecule has 1 aliphatic heterocycles. The Labute approximate surface area is 87.6 Å². The molecule has 3 N–H and O–H groups in total. The average Bonchev–Trinajstić information content (AvgIpc) is 2.26. The first kappa shape index (κ1) is 10.2. The lowest BCUT2D eigenvalue weighted by atomic mass is 9.90. The molecule has 0 aromatic heterocycles. The van der Waals surface area contributed by atoms with Crippen molar-refractivity contribution in [2.75, 3.05) is 13.1 Å². The minimum Gasteiger partial charge on any atom is -0.504 e. The second-order valence-corrected chi connectivity index (χ2v) is 3.89. The van der Waals surface area contributed by atoms with Gasteiger partial charge in [0.15, 0.2) is 17.3 Å². The average molecular weight is 211 g/mol. The summed E-state index contributed by atoms with van der Waals surface area (Å²) in [5.74, 6) is -1.51. The van der Waals surface area contributed by atoms with Crippen LogP contribution in [0.1, 0.15) is 24.3 Å². The summed E-state index contributed by atoms with van der Waals surface area (Å²) in [6.45, 7) is 1.82. The summed E-state index contributed by atoms with van der Waals surface area (Å²) in [6, 6.07) is 2.76. The van der Waals surface area contributed by atoms with Crippen molar-refractivity contribution >= 4 is 0 Å². The summed E-state index contributed by atoms with van der Waals surface area (Å²) >= 11 is 0. The molecule has 1 heterocycles. The lowest BCUT2D eigenvalue weighted by Gasteiger charge is -2.23. The Kier molecular flexibility index (Phi) is 2.77. The van der Waals surface area contributed by atoms with E-state index < -0.39 is 11.6 Å². The molecule has 1 fully saturated rings. The van der Waals surface area contributed by atoms with E-state index in [1.807, 2.05) is 0 Å². The molecule has 1 aliphatic rings. The number of aromatic hydroxyl groups is 2. The molecule has 3 nitrogen and oxygen atoms in total. The van der Waals surface area contributed by atoms with Crippen LogP contribution in [0.25, 0.3) is 0 Å². The molecule has 82 valence electrons. The van der Waals surface area contributed by atoms with Crippen molar-refractivity contribution in [1.29, 1.82) is 0 Å². The molecule has 2 rings (SSSR count). The summed E-state index contributed by atoms with van der Waals surface area (Å²) < 4.78 is 13.2. The molecule has 0 amide bonds. The van der Waals surface area contributed by atoms with Gasteiger partial charge in [-0.15, -0.1) is 0 Å². The zero-order valence-electron chi connectivity index (χ0n) is 8.33. The normalized spacial score (nSPS) is 17.9. The van der Waals surface area contributed by atoms with Crippen molar-refractivity contribution in [2.45, 2.75) is 18.8 Å². The van der Waals surface area contributed by atoms with Gasteiger partial charge in [0.05, 0.1) is 0 Å². The molecule has 15 heavy (non-hydrogen) atoms. The monoisotopic (exact) mass is 211 g/mol. The molecular weight excluding hydrogens is 197 g/mol. The van der Waals surface area contributed by atoms with Gasteiger partial charge in [-0.25, -0.2) is 4.39 Å². The van der Waals surface area contributed by atoms with E-state index in [2.05, 4.69) is 5.32 Å². The molecule has 0 aliphatic carbocycles. The van der Waals surface area contributed by atoms with Crippen molar-refractivity contribution in [3.63, 3.8) is 0 Å². The number of nitrogens with one attached hydrogen (secondary N) is 1. The lowest BCUT2D eigenvalue weighted by Crippen LogP contribution is -2.26. The number of rotatable bonds is 1. The second-order valence-electron chi connectivity index (χ2n) is 3.89. The summed E-state index contributed by atoms with van der Waals surface area (Å²) in [5.41, 5.74) is 0.768. The van der Waals surface area contributed by atoms with Gasteiger partial charge in [0.2, 0.25) is 0 Å². The van der Waals surface area contributed by atoms with Gasteiger partial charge in [0.25, 0.3) is 0 Å². The van der Waals surface area contributed by atoms with Crippen molar-refractivity contribution in [2.24, 2.45) is 0 Å². The van der Waals surface area contributed by atoms with Crippen LogP contribution in [-0.4, -0.2) is 23.3 Å². The standard InChI is InChI=1S/C11H14FNO2/c12-9-5-8(6-10(14)11(9)15)7-1-3-13-4-2-7/h5-7,13-15H,1-4H2. The van der Waals surface area contributed by atoms with E-state index in [4.69, 9.17) is 5.11 Å². The Bertz CT molecular complexity index is 339. The highest BCUT2D eigenvalue weighted by molar-refractivity contribution is 5.43. The molecule has 0 unspecified atom stereocenters. The summed E-state index contributed by atoms with van der Waals surface area (Å²) in [5, 5.41) is 21.6. The first-order valence-corrected chi connectivity index (χ1v) is 5.10. The molecule has 0 spiro atoms. The molecule has 0 saturated carbocycles. The number of hydrogen-bond acceptors (Lipinski definition) is 3. The molecule has 1 saturated heterocycles. The minimum atomic E-state index is -0.747. The summed E-state index contributed by atoms with van der Waals surface area (Å²) in [7, 11) is 0. The van der Waals surface area contributed by atoms with Gasteiger partial charge >= 0.3 is 0 Å². The lowest BCUT2D eigenvalue weighted by molar-refractivity contribution is 0.375. The minimum absolute atomic E-state index is 0.271. The van der Waals surface area contributed by atoms with Gasteiger partial charge in [-0.1, -0.05) is 0 Å². The zero-order valence-corrected chi connectivity index (χ0v) is 8.33. The van der Waals surface area contributed by atoms with Crippen LogP contribution in [0, 0.1) is 5.82 Å². The van der Waals surface area contributed by atoms with Crippen LogP contribution in [0.15, 0.2) is 12.1 Å². The fourth-order valence-electron chi connectivity index (χ4n) is 2.00. The third kappa shape index (κ3) is 2.04. The molecule has 0 bridgehead atoms. The number of halogens is 1. The third-order valence-corrected chi connectivity index (χ3v) is 2.88. The first-order chi connectivity index (χ1) is 7.18. The van der Waals surface area contributed by atoms with Gasteiger partial charge in [-0.3, -0.25) is 0 Å². The maximum atomic E-state index is 13.2. The second kappa shape index (κ2) is 4.06. The van der Waals surface area contributed by atoms with E-state index in [9.17, 15) is 9.50 Å². The maximum Gasteiger partial charge on any atom is 0.194 e. The van der Waals surface area contributed by atoms with E-state index in [-0.39, 0.29) is 11.7 Å². The van der Waals surface area contributed by atoms with Gasteiger partial charge in [0, 0.05) is 0 Å². The zero-order chi connectivity index (χ0) is 10.8. The highest BCUT2D eigenvalue weighted by Gasteiger charge is 2.18. The van der Waals surface area contributed by atoms with E-state index in [0.29, 0.717) is 0 Å². The molecule has 0 atom stereocenters. The Morgan fingerprint density at radius 3 is 2.47 bits per heavy atom. The largest absolute Gasteiger partial charge is 0.504 e. The predicted molar refractivity (Wildman–Crippen MR) is 54.6 cm³/mol. The van der Waals surface area contributed by atoms with Gasteiger partial charge < -0.3 is 15.5 Å². The van der Waals surface area contributed by atoms with Crippen molar-refractivity contribution in [3.8, 4) is 11.5 Å². The first-order valence-electron chi connectivity index (χ1n) is 5.10. The fraction of sp³-hybridized carbons (Fsp3) is 0.455. The highest BCUT2D eigenvalue weighted by Crippen LogP contribution is 2.34. The Morgan fingerprint density at radius 2 is 1.87 bits per heavy atom. The van der Waals surface area contributed by atoms with Crippen LogP contribution in [0.2, 0.25) is 0 Å². The van der Waals surface area contributed by atoms with Gasteiger partial charge in [-0.2, -0.15) is 0 Å². The van der Waals surface area contributed by atoms with E-state index in [1.165, 1.54) is 12.1 Å². The van der Waals surface area contributed by atoms with E-state index >= 15 is 0 Å². The highest BCUT2D eigenvalue weighted by atomic mass is 19.1. The number of benzene rings is 1. The van der Waals surface area contributed by atoms with Crippen LogP contribution in [-0.2, 0) is 0 Å². The van der Waals surface area contributed by atoms with Crippen molar-refractivity contribution < 1.29 is 14.6 Å². The molecule has 1 aromatic rings. The van der Waals surface area contributed by atoms with E-state index in [1.54, 1.807) is 0 Å². The van der Waals surface area contributed by atoms with Gasteiger partial charge in [-0.05, 0) is 49.5 Å². The molecular formula is C11H14FNO2. The molecule has 1 aromatic carbocycles. The Hall–Kier alpha value is -1.29. The van der Waals surface area contributed by atoms with Crippen LogP contribution in [0.5, 0.6) is 11.5 Å². The third-order valence-electron chi connectivity index (χ3n) is 2.88. The smallest absolute Gasteiger partial charge is 0.194 e. The number of piperidine rings is 1. The maximum absolute atomic E-state index is 13.2. The predicted octanol–water partition coefficient (Wildman–Crippen LogP) is 1.70. The molecule has 0 radical (unpaired) electrons. The van der Waals surface area contributed by atoms with Gasteiger partial charge in [0.1, 0.15) is 0 Å². The summed E-state index contributed by atoms with van der Waals surface area (Å²) in [4.78, 5) is 0. The van der Waals surface area contributed by atoms with E-state index in [0.717, 1.165) is 31.5 Å². The quantitative estimate of drug-likeness (QED) is 0.620. The topological polar surface area (TPSA) is 52.5 Å². The Morgan fingerprint density at radius 1 is 1.20 bits per heavy atom. The van der Waals surface area contributed by atoms with Crippen molar-refractivity contribution in [1.82, 2.24) is 5.32 Å². The SMILES string of the molecule is Oc1cc(C2CCNCC2)cc(F)c1O. The number of phenolic OH excluding ortho intramolecular Hbond substituents is 2. The number of phenols is 2. The van der Waals surface area contributed by atoms with Crippen LogP contribution < -0.4 is 5.32 Å². The summed E-state index contributed by atoms with van der Waals surface area (Å²) in [6.07, 6.45) is 1.87. The molecule has 4 heteroatoms. The Balaban J connectivity index is 2.27. The fourth-order valence-corrected chi connectivity index (χ4v) is 2.00.